The Balaban J connectivity index is 2.18. The third-order valence-electron chi connectivity index (χ3n) is 4.48. The Bertz CT molecular complexity index is 498. The Morgan fingerprint density at radius 2 is 1.83 bits per heavy atom. The van der Waals surface area contributed by atoms with E-state index in [1.807, 2.05) is 28.7 Å². The lowest BCUT2D eigenvalue weighted by atomic mass is 10.0. The predicted octanol–water partition coefficient (Wildman–Crippen LogP) is 4.05. The molecule has 1 fully saturated rings. The highest BCUT2D eigenvalue weighted by Crippen LogP contribution is 2.63. The van der Waals surface area contributed by atoms with E-state index in [1.165, 1.54) is 0 Å². The van der Waals surface area contributed by atoms with Crippen molar-refractivity contribution in [3.05, 3.63) is 31.9 Å². The average molecular weight is 360 g/mol. The van der Waals surface area contributed by atoms with Crippen LogP contribution in [0.3, 0.4) is 0 Å². The lowest BCUT2D eigenvalue weighted by molar-refractivity contribution is -0.385. The molecule has 1 saturated carbocycles. The Morgan fingerprint density at radius 1 is 1.28 bits per heavy atom. The van der Waals surface area contributed by atoms with Crippen molar-refractivity contribution in [2.24, 2.45) is 10.8 Å². The fourth-order valence-electron chi connectivity index (χ4n) is 2.47. The van der Waals surface area contributed by atoms with E-state index in [0.717, 1.165) is 5.69 Å². The zero-order chi connectivity index (χ0) is 13.7. The van der Waals surface area contributed by atoms with Crippen molar-refractivity contribution in [3.8, 4) is 0 Å². The van der Waals surface area contributed by atoms with Gasteiger partial charge in [0.05, 0.1) is 8.49 Å². The molecule has 1 N–H and O–H groups in total. The topological polar surface area (TPSA) is 55.2 Å². The summed E-state index contributed by atoms with van der Waals surface area (Å²) in [6, 6.07) is 5.59. The van der Waals surface area contributed by atoms with Gasteiger partial charge in [-0.3, -0.25) is 10.1 Å². The molecule has 1 aliphatic rings. The highest BCUT2D eigenvalue weighted by molar-refractivity contribution is 14.1. The molecule has 0 spiro atoms. The molecule has 18 heavy (non-hydrogen) atoms. The number of halogens is 1. The number of hydrogen-bond donors (Lipinski definition) is 1. The molecule has 4 nitrogen and oxygen atoms in total. The minimum Gasteiger partial charge on any atom is -0.381 e. The Hall–Kier alpha value is -0.850. The van der Waals surface area contributed by atoms with Gasteiger partial charge in [-0.15, -0.1) is 0 Å². The van der Waals surface area contributed by atoms with Crippen LogP contribution in [0.4, 0.5) is 11.4 Å². The Kier molecular flexibility index (Phi) is 3.08. The van der Waals surface area contributed by atoms with E-state index in [1.54, 1.807) is 12.1 Å². The van der Waals surface area contributed by atoms with Crippen LogP contribution in [0.5, 0.6) is 0 Å². The maximum absolute atomic E-state index is 10.8. The minimum absolute atomic E-state index is 0.162. The molecule has 0 atom stereocenters. The van der Waals surface area contributed by atoms with Crippen molar-refractivity contribution >= 4 is 34.0 Å². The number of nitro groups is 1. The van der Waals surface area contributed by atoms with E-state index < -0.39 is 0 Å². The quantitative estimate of drug-likeness (QED) is 0.503. The van der Waals surface area contributed by atoms with Gasteiger partial charge < -0.3 is 5.32 Å². The molecule has 0 aliphatic heterocycles. The Labute approximate surface area is 120 Å². The third-order valence-corrected chi connectivity index (χ3v) is 5.34. The van der Waals surface area contributed by atoms with Gasteiger partial charge in [0, 0.05) is 17.8 Å². The minimum atomic E-state index is -0.351. The van der Waals surface area contributed by atoms with Crippen molar-refractivity contribution in [3.63, 3.8) is 0 Å². The van der Waals surface area contributed by atoms with E-state index in [-0.39, 0.29) is 21.4 Å². The number of nitrogens with zero attached hydrogens (tertiary/aromatic N) is 1. The van der Waals surface area contributed by atoms with Crippen molar-refractivity contribution < 1.29 is 4.92 Å². The van der Waals surface area contributed by atoms with Gasteiger partial charge in [0.2, 0.25) is 0 Å². The van der Waals surface area contributed by atoms with Crippen LogP contribution in [0.1, 0.15) is 27.7 Å². The van der Waals surface area contributed by atoms with Gasteiger partial charge in [-0.2, -0.15) is 0 Å². The molecule has 0 heterocycles. The second-order valence-electron chi connectivity index (χ2n) is 5.94. The maximum Gasteiger partial charge on any atom is 0.282 e. The SMILES string of the molecule is CC1(C)C(Nc2ccc([N+](=O)[O-])c(I)c2)C1(C)C. The van der Waals surface area contributed by atoms with Crippen LogP contribution < -0.4 is 5.32 Å². The molecule has 1 aromatic carbocycles. The van der Waals surface area contributed by atoms with E-state index in [9.17, 15) is 10.1 Å². The second-order valence-corrected chi connectivity index (χ2v) is 7.11. The first-order valence-electron chi connectivity index (χ1n) is 5.88. The number of nitrogens with one attached hydrogen (secondary N) is 1. The van der Waals surface area contributed by atoms with E-state index >= 15 is 0 Å². The van der Waals surface area contributed by atoms with Crippen molar-refractivity contribution in [1.29, 1.82) is 0 Å². The van der Waals surface area contributed by atoms with Crippen LogP contribution in [0.15, 0.2) is 18.2 Å². The van der Waals surface area contributed by atoms with Crippen LogP contribution in [-0.4, -0.2) is 11.0 Å². The number of benzene rings is 1. The number of nitro benzene ring substituents is 1. The van der Waals surface area contributed by atoms with Crippen molar-refractivity contribution in [1.82, 2.24) is 0 Å². The average Bonchev–Trinajstić information content (AvgIpc) is 2.60. The first kappa shape index (κ1) is 13.6. The monoisotopic (exact) mass is 360 g/mol. The maximum atomic E-state index is 10.8. The van der Waals surface area contributed by atoms with Crippen molar-refractivity contribution in [2.75, 3.05) is 5.32 Å². The number of hydrogen-bond acceptors (Lipinski definition) is 3. The molecule has 0 bridgehead atoms. The molecule has 2 rings (SSSR count). The van der Waals surface area contributed by atoms with Gasteiger partial charge in [-0.1, -0.05) is 27.7 Å². The Morgan fingerprint density at radius 3 is 2.22 bits per heavy atom. The normalized spacial score (nSPS) is 20.5. The first-order valence-corrected chi connectivity index (χ1v) is 6.96. The van der Waals surface area contributed by atoms with Gasteiger partial charge in [0.1, 0.15) is 0 Å². The van der Waals surface area contributed by atoms with Crippen LogP contribution in [-0.2, 0) is 0 Å². The third kappa shape index (κ3) is 1.98. The molecule has 5 heteroatoms. The summed E-state index contributed by atoms with van der Waals surface area (Å²) in [5.74, 6) is 0. The fourth-order valence-corrected chi connectivity index (χ4v) is 3.18. The second kappa shape index (κ2) is 4.08. The van der Waals surface area contributed by atoms with Crippen LogP contribution in [0.2, 0.25) is 0 Å². The predicted molar refractivity (Wildman–Crippen MR) is 80.8 cm³/mol. The molecule has 0 radical (unpaired) electrons. The first-order chi connectivity index (χ1) is 8.18. The molecular weight excluding hydrogens is 343 g/mol. The molecule has 1 aromatic rings. The molecule has 0 saturated heterocycles. The molecule has 1 aliphatic carbocycles. The summed E-state index contributed by atoms with van der Waals surface area (Å²) in [5.41, 5.74) is 1.62. The van der Waals surface area contributed by atoms with Crippen LogP contribution in [0.25, 0.3) is 0 Å². The molecule has 0 aromatic heterocycles. The van der Waals surface area contributed by atoms with Gasteiger partial charge in [0.25, 0.3) is 5.69 Å². The van der Waals surface area contributed by atoms with Crippen LogP contribution >= 0.6 is 22.6 Å². The largest absolute Gasteiger partial charge is 0.381 e. The molecule has 0 unspecified atom stereocenters. The summed E-state index contributed by atoms with van der Waals surface area (Å²) < 4.78 is 0.666. The summed E-state index contributed by atoms with van der Waals surface area (Å²) in [6.45, 7) is 8.95. The number of anilines is 1. The molecule has 0 amide bonds. The summed E-state index contributed by atoms with van der Waals surface area (Å²) in [4.78, 5) is 10.4. The smallest absolute Gasteiger partial charge is 0.282 e. The van der Waals surface area contributed by atoms with E-state index in [4.69, 9.17) is 0 Å². The summed E-state index contributed by atoms with van der Waals surface area (Å²) in [5, 5.41) is 14.2. The van der Waals surface area contributed by atoms with E-state index in [2.05, 4.69) is 33.0 Å². The zero-order valence-electron chi connectivity index (χ0n) is 11.0. The van der Waals surface area contributed by atoms with Gasteiger partial charge in [0.15, 0.2) is 0 Å². The standard InChI is InChI=1S/C13H17IN2O2/c1-12(2)11(13(12,3)4)15-8-5-6-10(16(17)18)9(14)7-8/h5-7,11,15H,1-4H3. The highest BCUT2D eigenvalue weighted by atomic mass is 127. The molecular formula is C13H17IN2O2. The highest BCUT2D eigenvalue weighted by Gasteiger charge is 2.64. The summed E-state index contributed by atoms with van der Waals surface area (Å²) in [7, 11) is 0. The lowest BCUT2D eigenvalue weighted by Gasteiger charge is -2.08. The lowest BCUT2D eigenvalue weighted by Crippen LogP contribution is -2.10. The van der Waals surface area contributed by atoms with Crippen LogP contribution in [0, 0.1) is 24.5 Å². The zero-order valence-corrected chi connectivity index (χ0v) is 13.1. The van der Waals surface area contributed by atoms with Gasteiger partial charge >= 0.3 is 0 Å². The van der Waals surface area contributed by atoms with Crippen molar-refractivity contribution in [2.45, 2.75) is 33.7 Å². The summed E-state index contributed by atoms with van der Waals surface area (Å²) >= 11 is 2.00. The van der Waals surface area contributed by atoms with Gasteiger partial charge in [-0.25, -0.2) is 0 Å². The molecule has 98 valence electrons. The summed E-state index contributed by atoms with van der Waals surface area (Å²) in [6.07, 6.45) is 0. The van der Waals surface area contributed by atoms with E-state index in [0.29, 0.717) is 9.61 Å². The fraction of sp³-hybridized carbons (Fsp3) is 0.538. The van der Waals surface area contributed by atoms with Gasteiger partial charge in [-0.05, 0) is 45.6 Å². The number of rotatable bonds is 3.